The number of carbonyl (C=O) groups excluding carboxylic acids is 3. The Morgan fingerprint density at radius 2 is 1.74 bits per heavy atom. The Balaban J connectivity index is 2.34. The predicted molar refractivity (Wildman–Crippen MR) is 120 cm³/mol. The molecule has 0 aliphatic rings. The second kappa shape index (κ2) is 9.04. The number of halogens is 1. The molecule has 0 fully saturated rings. The topological polar surface area (TPSA) is 80.2 Å². The van der Waals surface area contributed by atoms with Gasteiger partial charge in [0.05, 0.1) is 11.3 Å². The van der Waals surface area contributed by atoms with Gasteiger partial charge in [-0.1, -0.05) is 27.7 Å². The molecule has 2 aromatic rings. The largest absolute Gasteiger partial charge is 0.346 e. The summed E-state index contributed by atoms with van der Waals surface area (Å²) in [5.41, 5.74) is 2.17. The molecule has 31 heavy (non-hydrogen) atoms. The van der Waals surface area contributed by atoms with E-state index in [2.05, 4.69) is 10.6 Å². The molecule has 0 saturated heterocycles. The van der Waals surface area contributed by atoms with Gasteiger partial charge in [0.2, 0.25) is 0 Å². The number of hydrogen-bond donors (Lipinski definition) is 2. The van der Waals surface area contributed by atoms with E-state index in [1.54, 1.807) is 32.4 Å². The van der Waals surface area contributed by atoms with E-state index >= 15 is 0 Å². The van der Waals surface area contributed by atoms with Gasteiger partial charge in [-0.3, -0.25) is 14.4 Å². The molecule has 1 aromatic heterocycles. The van der Waals surface area contributed by atoms with Gasteiger partial charge in [0.25, 0.3) is 17.6 Å². The summed E-state index contributed by atoms with van der Waals surface area (Å²) in [6, 6.07) is 4.15. The highest BCUT2D eigenvalue weighted by atomic mass is 19.1. The molecule has 0 aliphatic heterocycles. The van der Waals surface area contributed by atoms with Gasteiger partial charge >= 0.3 is 0 Å². The zero-order valence-electron chi connectivity index (χ0n) is 19.6. The summed E-state index contributed by atoms with van der Waals surface area (Å²) in [5.74, 6) is -2.14. The number of ketones is 1. The monoisotopic (exact) mass is 429 g/mol. The Bertz CT molecular complexity index is 1030. The first kappa shape index (κ1) is 24.3. The van der Waals surface area contributed by atoms with Crippen LogP contribution in [0.5, 0.6) is 0 Å². The number of nitrogens with zero attached hydrogens (tertiary/aromatic N) is 1. The Morgan fingerprint density at radius 3 is 2.26 bits per heavy atom. The third-order valence-electron chi connectivity index (χ3n) is 5.75. The van der Waals surface area contributed by atoms with E-state index in [9.17, 15) is 18.8 Å². The van der Waals surface area contributed by atoms with E-state index in [1.807, 2.05) is 27.7 Å². The van der Waals surface area contributed by atoms with Crippen molar-refractivity contribution in [2.75, 3.05) is 5.32 Å². The number of rotatable bonds is 6. The van der Waals surface area contributed by atoms with E-state index in [-0.39, 0.29) is 23.0 Å². The molecule has 1 aromatic carbocycles. The molecular weight excluding hydrogens is 397 g/mol. The fourth-order valence-corrected chi connectivity index (χ4v) is 3.81. The number of hydrogen-bond acceptors (Lipinski definition) is 3. The lowest BCUT2D eigenvalue weighted by Crippen LogP contribution is -2.46. The van der Waals surface area contributed by atoms with Crippen molar-refractivity contribution < 1.29 is 18.8 Å². The Morgan fingerprint density at radius 1 is 1.13 bits per heavy atom. The highest BCUT2D eigenvalue weighted by Crippen LogP contribution is 2.25. The minimum Gasteiger partial charge on any atom is -0.346 e. The van der Waals surface area contributed by atoms with Crippen molar-refractivity contribution in [2.24, 2.45) is 12.5 Å². The summed E-state index contributed by atoms with van der Waals surface area (Å²) in [5, 5.41) is 5.58. The highest BCUT2D eigenvalue weighted by Gasteiger charge is 2.31. The average molecular weight is 430 g/mol. The van der Waals surface area contributed by atoms with Crippen LogP contribution in [-0.4, -0.2) is 28.2 Å². The van der Waals surface area contributed by atoms with Gasteiger partial charge in [-0.25, -0.2) is 4.39 Å². The number of benzene rings is 1. The van der Waals surface area contributed by atoms with Gasteiger partial charge in [-0.05, 0) is 61.9 Å². The zero-order valence-corrected chi connectivity index (χ0v) is 19.6. The third-order valence-corrected chi connectivity index (χ3v) is 5.75. The SMILES string of the molecule is CC[C@@H](NC(=O)C(=O)c1c(C)c(C(=O)Nc2ccc(F)c(C)c2)c(C)n1C)C(C)(C)C. The average Bonchev–Trinajstić information content (AvgIpc) is 2.89. The number of nitrogens with one attached hydrogen (secondary N) is 2. The van der Waals surface area contributed by atoms with Crippen LogP contribution in [0, 0.1) is 32.0 Å². The molecule has 6 nitrogen and oxygen atoms in total. The van der Waals surface area contributed by atoms with Crippen LogP contribution in [0.4, 0.5) is 10.1 Å². The molecule has 168 valence electrons. The van der Waals surface area contributed by atoms with E-state index in [0.717, 1.165) is 0 Å². The van der Waals surface area contributed by atoms with Crippen molar-refractivity contribution in [1.29, 1.82) is 0 Å². The first-order valence-electron chi connectivity index (χ1n) is 10.4. The van der Waals surface area contributed by atoms with Gasteiger partial charge < -0.3 is 15.2 Å². The molecular formula is C24H32FN3O3. The maximum atomic E-state index is 13.5. The maximum absolute atomic E-state index is 13.5. The number of Topliss-reactive ketones (excluding diaryl/α,β-unsaturated/α-hetero) is 1. The van der Waals surface area contributed by atoms with E-state index in [4.69, 9.17) is 0 Å². The molecule has 2 rings (SSSR count). The number of amides is 2. The molecule has 2 amide bonds. The lowest BCUT2D eigenvalue weighted by molar-refractivity contribution is -0.118. The van der Waals surface area contributed by atoms with Crippen molar-refractivity contribution in [1.82, 2.24) is 9.88 Å². The van der Waals surface area contributed by atoms with E-state index in [1.165, 1.54) is 18.2 Å². The van der Waals surface area contributed by atoms with E-state index in [0.29, 0.717) is 34.5 Å². The van der Waals surface area contributed by atoms with Gasteiger partial charge in [0.1, 0.15) is 5.82 Å². The molecule has 1 heterocycles. The molecule has 0 aliphatic carbocycles. The molecule has 0 radical (unpaired) electrons. The van der Waals surface area contributed by atoms with Crippen LogP contribution in [0.15, 0.2) is 18.2 Å². The molecule has 7 heteroatoms. The number of aryl methyl sites for hydroxylation is 1. The Labute approximate surface area is 183 Å². The Kier molecular flexibility index (Phi) is 7.09. The van der Waals surface area contributed by atoms with Crippen molar-refractivity contribution in [3.63, 3.8) is 0 Å². The quantitative estimate of drug-likeness (QED) is 0.525. The number of anilines is 1. The summed E-state index contributed by atoms with van der Waals surface area (Å²) in [6.45, 7) is 12.9. The van der Waals surface area contributed by atoms with Crippen LogP contribution in [0.1, 0.15) is 71.8 Å². The highest BCUT2D eigenvalue weighted by molar-refractivity contribution is 6.43. The fraction of sp³-hybridized carbons (Fsp3) is 0.458. The third kappa shape index (κ3) is 5.03. The summed E-state index contributed by atoms with van der Waals surface area (Å²) in [4.78, 5) is 38.6. The van der Waals surface area contributed by atoms with Crippen LogP contribution < -0.4 is 10.6 Å². The van der Waals surface area contributed by atoms with Crippen LogP contribution in [0.2, 0.25) is 0 Å². The van der Waals surface area contributed by atoms with Crippen LogP contribution in [-0.2, 0) is 11.8 Å². The summed E-state index contributed by atoms with van der Waals surface area (Å²) < 4.78 is 15.1. The lowest BCUT2D eigenvalue weighted by Gasteiger charge is -2.30. The van der Waals surface area contributed by atoms with Crippen LogP contribution in [0.25, 0.3) is 0 Å². The van der Waals surface area contributed by atoms with Gasteiger partial charge in [-0.2, -0.15) is 0 Å². The van der Waals surface area contributed by atoms with Crippen LogP contribution in [0.3, 0.4) is 0 Å². The molecule has 0 saturated carbocycles. The number of aromatic nitrogens is 1. The molecule has 0 bridgehead atoms. The van der Waals surface area contributed by atoms with Crippen molar-refractivity contribution >= 4 is 23.3 Å². The van der Waals surface area contributed by atoms with Crippen molar-refractivity contribution in [2.45, 2.75) is 60.9 Å². The minimum atomic E-state index is -0.688. The Hall–Kier alpha value is -2.96. The minimum absolute atomic E-state index is 0.157. The van der Waals surface area contributed by atoms with Gasteiger partial charge in [0, 0.05) is 24.5 Å². The lowest BCUT2D eigenvalue weighted by atomic mass is 9.85. The van der Waals surface area contributed by atoms with Crippen LogP contribution >= 0.6 is 0 Å². The molecule has 2 N–H and O–H groups in total. The smallest absolute Gasteiger partial charge is 0.294 e. The fourth-order valence-electron chi connectivity index (χ4n) is 3.81. The number of carbonyl (C=O) groups is 3. The normalized spacial score (nSPS) is 12.4. The molecule has 0 unspecified atom stereocenters. The van der Waals surface area contributed by atoms with Gasteiger partial charge in [-0.15, -0.1) is 0 Å². The summed E-state index contributed by atoms with van der Waals surface area (Å²) in [6.07, 6.45) is 0.693. The summed E-state index contributed by atoms with van der Waals surface area (Å²) >= 11 is 0. The second-order valence-electron chi connectivity index (χ2n) is 9.04. The molecule has 1 atom stereocenters. The van der Waals surface area contributed by atoms with Gasteiger partial charge in [0.15, 0.2) is 0 Å². The predicted octanol–water partition coefficient (Wildman–Crippen LogP) is 4.47. The zero-order chi connectivity index (χ0) is 23.7. The first-order chi connectivity index (χ1) is 14.3. The molecule has 0 spiro atoms. The second-order valence-corrected chi connectivity index (χ2v) is 9.04. The van der Waals surface area contributed by atoms with Crippen molar-refractivity contribution in [3.05, 3.63) is 52.1 Å². The van der Waals surface area contributed by atoms with E-state index < -0.39 is 17.6 Å². The standard InChI is InChI=1S/C24H32FN3O3/c1-9-18(24(5,6)7)27-23(31)21(29)20-14(3)19(15(4)28(20)8)22(30)26-16-10-11-17(25)13(2)12-16/h10-12,18H,9H2,1-8H3,(H,26,30)(H,27,31)/t18-/m1/s1. The summed E-state index contributed by atoms with van der Waals surface area (Å²) in [7, 11) is 1.66. The first-order valence-corrected chi connectivity index (χ1v) is 10.4. The van der Waals surface area contributed by atoms with Crippen molar-refractivity contribution in [3.8, 4) is 0 Å². The maximum Gasteiger partial charge on any atom is 0.294 e.